The van der Waals surface area contributed by atoms with Gasteiger partial charge in [-0.3, -0.25) is 9.59 Å². The Hall–Kier alpha value is -2.66. The molecule has 0 saturated heterocycles. The Labute approximate surface area is 135 Å². The van der Waals surface area contributed by atoms with Crippen LogP contribution in [0.25, 0.3) is 0 Å². The number of carbonyl (C=O) groups is 2. The maximum atomic E-state index is 12.0. The number of hydrogen-bond acceptors (Lipinski definition) is 3. The van der Waals surface area contributed by atoms with Crippen LogP contribution in [0.2, 0.25) is 0 Å². The molecule has 3 N–H and O–H groups in total. The molecule has 0 bridgehead atoms. The molecule has 2 aromatic rings. The molecule has 5 heteroatoms. The smallest absolute Gasteiger partial charge is 0.257 e. The summed E-state index contributed by atoms with van der Waals surface area (Å²) in [6, 6.07) is 15.3. The van der Waals surface area contributed by atoms with Gasteiger partial charge in [-0.25, -0.2) is 0 Å². The molecule has 2 rings (SSSR count). The minimum absolute atomic E-state index is 0.0582. The van der Waals surface area contributed by atoms with Crippen molar-refractivity contribution in [3.63, 3.8) is 0 Å². The second-order valence-corrected chi connectivity index (χ2v) is 5.51. The van der Waals surface area contributed by atoms with E-state index in [9.17, 15) is 14.7 Å². The number of amides is 2. The average Bonchev–Trinajstić information content (AvgIpc) is 2.55. The van der Waals surface area contributed by atoms with Gasteiger partial charge in [-0.2, -0.15) is 0 Å². The highest BCUT2D eigenvalue weighted by molar-refractivity contribution is 5.97. The van der Waals surface area contributed by atoms with Crippen molar-refractivity contribution < 1.29 is 14.7 Å². The van der Waals surface area contributed by atoms with E-state index < -0.39 is 12.0 Å². The first-order valence-corrected chi connectivity index (χ1v) is 7.42. The van der Waals surface area contributed by atoms with Gasteiger partial charge in [-0.05, 0) is 43.7 Å². The van der Waals surface area contributed by atoms with Crippen molar-refractivity contribution in [1.29, 1.82) is 0 Å². The lowest BCUT2D eigenvalue weighted by molar-refractivity contribution is -0.124. The number of hydrogen-bond donors (Lipinski definition) is 3. The molecule has 0 aliphatic carbocycles. The van der Waals surface area contributed by atoms with Crippen LogP contribution in [-0.4, -0.2) is 23.0 Å². The number of anilines is 1. The van der Waals surface area contributed by atoms with E-state index in [-0.39, 0.29) is 11.9 Å². The first kappa shape index (κ1) is 16.7. The zero-order valence-electron chi connectivity index (χ0n) is 13.1. The van der Waals surface area contributed by atoms with Gasteiger partial charge in [0.15, 0.2) is 6.10 Å². The zero-order chi connectivity index (χ0) is 16.8. The molecular weight excluding hydrogens is 292 g/mol. The Balaban J connectivity index is 2.00. The average molecular weight is 312 g/mol. The van der Waals surface area contributed by atoms with E-state index in [0.29, 0.717) is 16.8 Å². The summed E-state index contributed by atoms with van der Waals surface area (Å²) in [5.41, 5.74) is 1.56. The molecule has 23 heavy (non-hydrogen) atoms. The predicted octanol–water partition coefficient (Wildman–Crippen LogP) is 2.50. The van der Waals surface area contributed by atoms with Crippen molar-refractivity contribution in [2.75, 3.05) is 5.32 Å². The molecular formula is C18H20N2O3. The molecule has 0 heterocycles. The van der Waals surface area contributed by atoms with Gasteiger partial charge in [0.2, 0.25) is 0 Å². The summed E-state index contributed by atoms with van der Waals surface area (Å²) in [5, 5.41) is 15.4. The van der Waals surface area contributed by atoms with E-state index >= 15 is 0 Å². The summed E-state index contributed by atoms with van der Waals surface area (Å²) in [7, 11) is 0. The molecule has 5 nitrogen and oxygen atoms in total. The summed E-state index contributed by atoms with van der Waals surface area (Å²) < 4.78 is 0. The van der Waals surface area contributed by atoms with E-state index in [1.54, 1.807) is 48.5 Å². The Morgan fingerprint density at radius 2 is 1.57 bits per heavy atom. The highest BCUT2D eigenvalue weighted by atomic mass is 16.3. The molecule has 0 radical (unpaired) electrons. The van der Waals surface area contributed by atoms with Crippen LogP contribution < -0.4 is 10.6 Å². The van der Waals surface area contributed by atoms with Gasteiger partial charge in [-0.1, -0.05) is 30.3 Å². The monoisotopic (exact) mass is 312 g/mol. The molecule has 1 unspecified atom stereocenters. The number of benzene rings is 2. The summed E-state index contributed by atoms with van der Waals surface area (Å²) in [6.07, 6.45) is -1.24. The molecule has 0 aliphatic rings. The number of rotatable bonds is 5. The maximum absolute atomic E-state index is 12.0. The third-order valence-corrected chi connectivity index (χ3v) is 3.20. The second kappa shape index (κ2) is 7.56. The minimum atomic E-state index is -1.24. The first-order chi connectivity index (χ1) is 11.0. The zero-order valence-corrected chi connectivity index (χ0v) is 13.1. The predicted molar refractivity (Wildman–Crippen MR) is 89.1 cm³/mol. The summed E-state index contributed by atoms with van der Waals surface area (Å²) in [6.45, 7) is 3.77. The topological polar surface area (TPSA) is 78.4 Å². The largest absolute Gasteiger partial charge is 0.378 e. The Bertz CT molecular complexity index is 666. The first-order valence-electron chi connectivity index (χ1n) is 7.42. The van der Waals surface area contributed by atoms with Crippen molar-refractivity contribution >= 4 is 17.5 Å². The second-order valence-electron chi connectivity index (χ2n) is 5.51. The van der Waals surface area contributed by atoms with Crippen LogP contribution in [0.4, 0.5) is 5.69 Å². The third-order valence-electron chi connectivity index (χ3n) is 3.20. The van der Waals surface area contributed by atoms with Gasteiger partial charge in [0, 0.05) is 17.3 Å². The molecule has 2 amide bonds. The van der Waals surface area contributed by atoms with Gasteiger partial charge in [0.05, 0.1) is 0 Å². The minimum Gasteiger partial charge on any atom is -0.378 e. The van der Waals surface area contributed by atoms with Crippen LogP contribution in [0.1, 0.15) is 35.9 Å². The van der Waals surface area contributed by atoms with Crippen LogP contribution in [0.3, 0.4) is 0 Å². The van der Waals surface area contributed by atoms with Gasteiger partial charge in [0.1, 0.15) is 0 Å². The Morgan fingerprint density at radius 1 is 0.957 bits per heavy atom. The molecule has 0 fully saturated rings. The quantitative estimate of drug-likeness (QED) is 0.793. The summed E-state index contributed by atoms with van der Waals surface area (Å²) in [5.74, 6) is -0.683. The molecule has 0 spiro atoms. The normalized spacial score (nSPS) is 11.8. The number of aliphatic hydroxyl groups is 1. The van der Waals surface area contributed by atoms with E-state index in [0.717, 1.165) is 0 Å². The number of aliphatic hydroxyl groups excluding tert-OH is 1. The fraction of sp³-hybridized carbons (Fsp3) is 0.222. The maximum Gasteiger partial charge on any atom is 0.257 e. The lowest BCUT2D eigenvalue weighted by atomic mass is 10.1. The fourth-order valence-electron chi connectivity index (χ4n) is 2.05. The SMILES string of the molecule is CC(C)NC(=O)c1ccc(NC(=O)C(O)c2ccccc2)cc1. The third kappa shape index (κ3) is 4.66. The fourth-order valence-corrected chi connectivity index (χ4v) is 2.05. The van der Waals surface area contributed by atoms with Gasteiger partial charge in [-0.15, -0.1) is 0 Å². The molecule has 1 atom stereocenters. The van der Waals surface area contributed by atoms with Crippen molar-refractivity contribution in [3.05, 3.63) is 65.7 Å². The van der Waals surface area contributed by atoms with Gasteiger partial charge >= 0.3 is 0 Å². The highest BCUT2D eigenvalue weighted by Gasteiger charge is 2.17. The molecule has 0 aliphatic heterocycles. The van der Waals surface area contributed by atoms with Gasteiger partial charge < -0.3 is 15.7 Å². The molecule has 0 aromatic heterocycles. The van der Waals surface area contributed by atoms with Crippen molar-refractivity contribution in [2.45, 2.75) is 26.0 Å². The summed E-state index contributed by atoms with van der Waals surface area (Å²) in [4.78, 5) is 23.9. The van der Waals surface area contributed by atoms with E-state index in [4.69, 9.17) is 0 Å². The van der Waals surface area contributed by atoms with Crippen molar-refractivity contribution in [3.8, 4) is 0 Å². The molecule has 2 aromatic carbocycles. The van der Waals surface area contributed by atoms with E-state index in [2.05, 4.69) is 10.6 Å². The van der Waals surface area contributed by atoms with Crippen molar-refractivity contribution in [2.24, 2.45) is 0 Å². The van der Waals surface area contributed by atoms with E-state index in [1.165, 1.54) is 0 Å². The highest BCUT2D eigenvalue weighted by Crippen LogP contribution is 2.16. The van der Waals surface area contributed by atoms with Crippen LogP contribution in [0, 0.1) is 0 Å². The summed E-state index contributed by atoms with van der Waals surface area (Å²) >= 11 is 0. The molecule has 0 saturated carbocycles. The van der Waals surface area contributed by atoms with Crippen molar-refractivity contribution in [1.82, 2.24) is 5.32 Å². The number of carbonyl (C=O) groups excluding carboxylic acids is 2. The van der Waals surface area contributed by atoms with E-state index in [1.807, 2.05) is 19.9 Å². The lowest BCUT2D eigenvalue weighted by Gasteiger charge is -2.12. The van der Waals surface area contributed by atoms with Crippen LogP contribution in [-0.2, 0) is 4.79 Å². The Kier molecular flexibility index (Phi) is 5.49. The molecule has 120 valence electrons. The van der Waals surface area contributed by atoms with Crippen LogP contribution in [0.15, 0.2) is 54.6 Å². The number of nitrogens with one attached hydrogen (secondary N) is 2. The van der Waals surface area contributed by atoms with Crippen LogP contribution in [0.5, 0.6) is 0 Å². The standard InChI is InChI=1S/C18H20N2O3/c1-12(2)19-17(22)14-8-10-15(11-9-14)20-18(23)16(21)13-6-4-3-5-7-13/h3-12,16,21H,1-2H3,(H,19,22)(H,20,23). The lowest BCUT2D eigenvalue weighted by Crippen LogP contribution is -2.30. The Morgan fingerprint density at radius 3 is 2.13 bits per heavy atom. The van der Waals surface area contributed by atoms with Gasteiger partial charge in [0.25, 0.3) is 11.8 Å². The van der Waals surface area contributed by atoms with Crippen LogP contribution >= 0.6 is 0 Å².